The van der Waals surface area contributed by atoms with Gasteiger partial charge in [-0.2, -0.15) is 0 Å². The van der Waals surface area contributed by atoms with Gasteiger partial charge in [0.1, 0.15) is 0 Å². The van der Waals surface area contributed by atoms with Gasteiger partial charge in [-0.25, -0.2) is 0 Å². The molecule has 2 aliphatic heterocycles. The van der Waals surface area contributed by atoms with E-state index < -0.39 is 0 Å². The van der Waals surface area contributed by atoms with Gasteiger partial charge < -0.3 is 0 Å². The first-order chi connectivity index (χ1) is 9.26. The summed E-state index contributed by atoms with van der Waals surface area (Å²) in [6.45, 7) is 5.78. The zero-order chi connectivity index (χ0) is 13.0. The largest absolute Gasteiger partial charge is 0.283 e. The number of likely N-dealkylation sites (N-methyl/N-ethyl adjacent to an activating group) is 1. The number of benzene rings is 2. The van der Waals surface area contributed by atoms with E-state index >= 15 is 0 Å². The van der Waals surface area contributed by atoms with E-state index in [1.54, 1.807) is 0 Å². The summed E-state index contributed by atoms with van der Waals surface area (Å²) in [5.41, 5.74) is 6.12. The molecule has 1 heteroatoms. The Labute approximate surface area is 114 Å². The van der Waals surface area contributed by atoms with Crippen LogP contribution in [0.3, 0.4) is 0 Å². The standard InChI is InChI=1S/C18H19N/c1-3-19-17-12-13-8-4-6-10-15(13)18(19,2)16-11-7-5-9-14(16)17/h4-11,17H,3,12H2,1-2H3. The molecular formula is C18H19N. The van der Waals surface area contributed by atoms with Crippen LogP contribution in [-0.4, -0.2) is 11.4 Å². The van der Waals surface area contributed by atoms with Crippen molar-refractivity contribution < 1.29 is 0 Å². The van der Waals surface area contributed by atoms with Crippen molar-refractivity contribution >= 4 is 0 Å². The van der Waals surface area contributed by atoms with Crippen LogP contribution in [0, 0.1) is 0 Å². The van der Waals surface area contributed by atoms with E-state index in [9.17, 15) is 0 Å². The lowest BCUT2D eigenvalue weighted by molar-refractivity contribution is 0.103. The zero-order valence-corrected chi connectivity index (χ0v) is 11.6. The van der Waals surface area contributed by atoms with Crippen molar-refractivity contribution in [3.63, 3.8) is 0 Å². The molecule has 0 spiro atoms. The molecule has 0 aliphatic carbocycles. The van der Waals surface area contributed by atoms with Gasteiger partial charge in [-0.05, 0) is 42.1 Å². The Morgan fingerprint density at radius 3 is 2.53 bits per heavy atom. The second kappa shape index (κ2) is 3.71. The molecule has 0 fully saturated rings. The maximum absolute atomic E-state index is 2.67. The molecule has 2 aromatic carbocycles. The zero-order valence-electron chi connectivity index (χ0n) is 11.6. The predicted octanol–water partition coefficient (Wildman–Crippen LogP) is 3.88. The van der Waals surface area contributed by atoms with E-state index in [1.807, 2.05) is 0 Å². The summed E-state index contributed by atoms with van der Waals surface area (Å²) < 4.78 is 0. The number of rotatable bonds is 1. The van der Waals surface area contributed by atoms with Crippen molar-refractivity contribution in [3.8, 4) is 0 Å². The third kappa shape index (κ3) is 1.24. The number of hydrogen-bond donors (Lipinski definition) is 0. The van der Waals surface area contributed by atoms with E-state index in [2.05, 4.69) is 67.3 Å². The molecule has 0 radical (unpaired) electrons. The minimum absolute atomic E-state index is 0.0604. The van der Waals surface area contributed by atoms with Gasteiger partial charge in [0.15, 0.2) is 0 Å². The highest BCUT2D eigenvalue weighted by molar-refractivity contribution is 5.54. The third-order valence-electron chi connectivity index (χ3n) is 5.09. The lowest BCUT2D eigenvalue weighted by Gasteiger charge is -2.44. The van der Waals surface area contributed by atoms with Gasteiger partial charge in [0, 0.05) is 6.04 Å². The fourth-order valence-corrected chi connectivity index (χ4v) is 4.30. The fraction of sp³-hybridized carbons (Fsp3) is 0.333. The normalized spacial score (nSPS) is 28.0. The summed E-state index contributed by atoms with van der Waals surface area (Å²) in [4.78, 5) is 2.67. The first-order valence-electron chi connectivity index (χ1n) is 7.21. The van der Waals surface area contributed by atoms with Crippen LogP contribution < -0.4 is 0 Å². The smallest absolute Gasteiger partial charge is 0.0697 e. The van der Waals surface area contributed by atoms with Gasteiger partial charge in [0.05, 0.1) is 5.54 Å². The Hall–Kier alpha value is -1.60. The molecule has 96 valence electrons. The van der Waals surface area contributed by atoms with Crippen molar-refractivity contribution in [2.75, 3.05) is 6.54 Å². The second-order valence-corrected chi connectivity index (χ2v) is 5.82. The third-order valence-corrected chi connectivity index (χ3v) is 5.09. The minimum Gasteiger partial charge on any atom is -0.283 e. The summed E-state index contributed by atoms with van der Waals surface area (Å²) >= 11 is 0. The molecule has 19 heavy (non-hydrogen) atoms. The Kier molecular flexibility index (Phi) is 2.19. The summed E-state index contributed by atoms with van der Waals surface area (Å²) in [5, 5.41) is 0. The maximum atomic E-state index is 2.67. The van der Waals surface area contributed by atoms with Gasteiger partial charge in [0.25, 0.3) is 0 Å². The van der Waals surface area contributed by atoms with Crippen molar-refractivity contribution in [3.05, 3.63) is 70.8 Å². The van der Waals surface area contributed by atoms with Gasteiger partial charge in [-0.15, -0.1) is 0 Å². The van der Waals surface area contributed by atoms with Gasteiger partial charge in [-0.1, -0.05) is 55.5 Å². The number of hydrogen-bond acceptors (Lipinski definition) is 1. The molecule has 2 unspecified atom stereocenters. The predicted molar refractivity (Wildman–Crippen MR) is 78.2 cm³/mol. The molecule has 0 amide bonds. The summed E-state index contributed by atoms with van der Waals surface area (Å²) in [7, 11) is 0. The number of nitrogens with zero attached hydrogens (tertiary/aromatic N) is 1. The Balaban J connectivity index is 2.06. The quantitative estimate of drug-likeness (QED) is 0.741. The van der Waals surface area contributed by atoms with Gasteiger partial charge >= 0.3 is 0 Å². The highest BCUT2D eigenvalue weighted by Gasteiger charge is 2.50. The van der Waals surface area contributed by atoms with E-state index in [0.717, 1.165) is 13.0 Å². The van der Waals surface area contributed by atoms with Crippen LogP contribution >= 0.6 is 0 Å². The molecule has 2 aromatic rings. The SMILES string of the molecule is CCN1C2Cc3ccccc3C1(C)c1ccccc12. The average molecular weight is 249 g/mol. The van der Waals surface area contributed by atoms with Crippen LogP contribution in [0.1, 0.15) is 42.1 Å². The summed E-state index contributed by atoms with van der Waals surface area (Å²) in [6, 6.07) is 18.5. The van der Waals surface area contributed by atoms with E-state index in [0.29, 0.717) is 6.04 Å². The Morgan fingerprint density at radius 2 is 1.74 bits per heavy atom. The molecule has 2 bridgehead atoms. The Morgan fingerprint density at radius 1 is 1.05 bits per heavy atom. The molecule has 0 saturated heterocycles. The maximum Gasteiger partial charge on any atom is 0.0697 e. The first-order valence-corrected chi connectivity index (χ1v) is 7.21. The second-order valence-electron chi connectivity index (χ2n) is 5.82. The molecule has 2 heterocycles. The molecule has 2 aliphatic rings. The van der Waals surface area contributed by atoms with Crippen LogP contribution in [0.5, 0.6) is 0 Å². The summed E-state index contributed by atoms with van der Waals surface area (Å²) in [5.74, 6) is 0. The minimum atomic E-state index is 0.0604. The van der Waals surface area contributed by atoms with Crippen LogP contribution in [0.25, 0.3) is 0 Å². The fourth-order valence-electron chi connectivity index (χ4n) is 4.30. The molecule has 1 nitrogen and oxygen atoms in total. The van der Waals surface area contributed by atoms with Crippen LogP contribution in [0.15, 0.2) is 48.5 Å². The topological polar surface area (TPSA) is 3.24 Å². The van der Waals surface area contributed by atoms with Crippen LogP contribution in [-0.2, 0) is 12.0 Å². The lowest BCUT2D eigenvalue weighted by atomic mass is 9.81. The van der Waals surface area contributed by atoms with E-state index in [1.165, 1.54) is 22.3 Å². The molecule has 0 aromatic heterocycles. The Bertz CT molecular complexity index is 633. The molecule has 4 rings (SSSR count). The van der Waals surface area contributed by atoms with Crippen molar-refractivity contribution in [1.82, 2.24) is 4.90 Å². The van der Waals surface area contributed by atoms with Crippen LogP contribution in [0.2, 0.25) is 0 Å². The molecule has 2 atom stereocenters. The molecular weight excluding hydrogens is 230 g/mol. The highest BCUT2D eigenvalue weighted by atomic mass is 15.3. The van der Waals surface area contributed by atoms with Gasteiger partial charge in [-0.3, -0.25) is 4.90 Å². The van der Waals surface area contributed by atoms with Crippen molar-refractivity contribution in [2.45, 2.75) is 31.8 Å². The van der Waals surface area contributed by atoms with Crippen LogP contribution in [0.4, 0.5) is 0 Å². The van der Waals surface area contributed by atoms with E-state index in [4.69, 9.17) is 0 Å². The first kappa shape index (κ1) is 11.2. The molecule has 0 saturated carbocycles. The van der Waals surface area contributed by atoms with Crippen molar-refractivity contribution in [1.29, 1.82) is 0 Å². The molecule has 0 N–H and O–H groups in total. The average Bonchev–Trinajstić information content (AvgIpc) is 2.64. The summed E-state index contributed by atoms with van der Waals surface area (Å²) in [6.07, 6.45) is 1.15. The monoisotopic (exact) mass is 249 g/mol. The number of fused-ring (bicyclic) bond motifs is 7. The van der Waals surface area contributed by atoms with Crippen molar-refractivity contribution in [2.24, 2.45) is 0 Å². The lowest BCUT2D eigenvalue weighted by Crippen LogP contribution is -2.45. The van der Waals surface area contributed by atoms with E-state index in [-0.39, 0.29) is 5.54 Å². The highest BCUT2D eigenvalue weighted by Crippen LogP contribution is 2.54. The van der Waals surface area contributed by atoms with Gasteiger partial charge in [0.2, 0.25) is 0 Å².